The summed E-state index contributed by atoms with van der Waals surface area (Å²) < 4.78 is 0. The predicted octanol–water partition coefficient (Wildman–Crippen LogP) is 9.18. The van der Waals surface area contributed by atoms with Gasteiger partial charge in [-0.05, 0) is 71.2 Å². The van der Waals surface area contributed by atoms with E-state index in [2.05, 4.69) is 108 Å². The van der Waals surface area contributed by atoms with Crippen LogP contribution in [0.3, 0.4) is 0 Å². The minimum atomic E-state index is -0.196. The molecule has 4 heteroatoms. The van der Waals surface area contributed by atoms with Crippen molar-refractivity contribution in [1.82, 2.24) is 5.32 Å². The number of allylic oxidation sites excluding steroid dienone is 2. The molecule has 214 valence electrons. The van der Waals surface area contributed by atoms with Crippen LogP contribution < -0.4 is 5.32 Å². The lowest BCUT2D eigenvalue weighted by atomic mass is 9.67. The van der Waals surface area contributed by atoms with Gasteiger partial charge in [0.1, 0.15) is 12.0 Å². The normalized spacial score (nSPS) is 19.6. The molecule has 1 saturated carbocycles. The van der Waals surface area contributed by atoms with E-state index in [-0.39, 0.29) is 11.6 Å². The molecule has 0 aromatic heterocycles. The summed E-state index contributed by atoms with van der Waals surface area (Å²) in [7, 11) is 0. The summed E-state index contributed by atoms with van der Waals surface area (Å²) in [6, 6.07) is 34.7. The molecule has 1 aliphatic heterocycles. The Balaban J connectivity index is 1.16. The van der Waals surface area contributed by atoms with E-state index < -0.39 is 0 Å². The quantitative estimate of drug-likeness (QED) is 0.266. The Morgan fingerprint density at radius 2 is 1.57 bits per heavy atom. The Bertz CT molecular complexity index is 1910. The van der Waals surface area contributed by atoms with E-state index in [4.69, 9.17) is 9.98 Å². The standard InChI is InChI=1S/C40H34N4/c41-26-32-15-10-16-34-36(32)33-22-21-31(25-35(33)40(34)23-8-3-9-24-40)27-17-19-30(20-18-27)39-43-37(28-11-4-1-5-12-28)42-38(44-39)29-13-6-2-7-14-29/h1,4-6,10-22,25,37H,2-3,7-9,23-24H2,(H,42,43,44). The maximum absolute atomic E-state index is 9.97. The Hall–Kier alpha value is -5.01. The first-order valence-electron chi connectivity index (χ1n) is 15.9. The highest BCUT2D eigenvalue weighted by Gasteiger charge is 2.44. The summed E-state index contributed by atoms with van der Waals surface area (Å²) in [5, 5.41) is 13.5. The smallest absolute Gasteiger partial charge is 0.159 e. The lowest BCUT2D eigenvalue weighted by molar-refractivity contribution is 0.353. The summed E-state index contributed by atoms with van der Waals surface area (Å²) in [5.74, 6) is 1.62. The summed E-state index contributed by atoms with van der Waals surface area (Å²) >= 11 is 0. The number of nitriles is 1. The molecule has 4 aromatic carbocycles. The molecule has 0 saturated heterocycles. The topological polar surface area (TPSA) is 60.5 Å². The molecule has 4 nitrogen and oxygen atoms in total. The van der Waals surface area contributed by atoms with Crippen molar-refractivity contribution in [2.24, 2.45) is 9.98 Å². The van der Waals surface area contributed by atoms with Crippen LogP contribution in [0.25, 0.3) is 22.3 Å². The van der Waals surface area contributed by atoms with Crippen LogP contribution in [0.15, 0.2) is 125 Å². The first kappa shape index (κ1) is 26.6. The monoisotopic (exact) mass is 570 g/mol. The molecule has 3 aliphatic carbocycles. The number of nitrogens with zero attached hydrogens (tertiary/aromatic N) is 3. The van der Waals surface area contributed by atoms with Gasteiger partial charge in [-0.2, -0.15) is 5.26 Å². The zero-order chi connectivity index (χ0) is 29.5. The van der Waals surface area contributed by atoms with Crippen molar-refractivity contribution in [2.75, 3.05) is 0 Å². The van der Waals surface area contributed by atoms with Crippen molar-refractivity contribution >= 4 is 11.7 Å². The number of aliphatic imine (C=N–C) groups is 2. The van der Waals surface area contributed by atoms with Gasteiger partial charge in [0.15, 0.2) is 5.84 Å². The van der Waals surface area contributed by atoms with Gasteiger partial charge in [0.25, 0.3) is 0 Å². The van der Waals surface area contributed by atoms with Gasteiger partial charge >= 0.3 is 0 Å². The fraction of sp³-hybridized carbons (Fsp3) is 0.225. The summed E-state index contributed by atoms with van der Waals surface area (Å²) in [6.07, 6.45) is 14.6. The van der Waals surface area contributed by atoms with Gasteiger partial charge in [-0.3, -0.25) is 0 Å². The van der Waals surface area contributed by atoms with Crippen LogP contribution in [-0.2, 0) is 5.41 Å². The second-order valence-electron chi connectivity index (χ2n) is 12.3. The zero-order valence-corrected chi connectivity index (χ0v) is 24.8. The van der Waals surface area contributed by atoms with Crippen LogP contribution >= 0.6 is 0 Å². The van der Waals surface area contributed by atoms with E-state index in [1.807, 2.05) is 12.1 Å². The highest BCUT2D eigenvalue weighted by atomic mass is 15.2. The van der Waals surface area contributed by atoms with E-state index in [0.29, 0.717) is 0 Å². The largest absolute Gasteiger partial charge is 0.344 e. The fourth-order valence-corrected chi connectivity index (χ4v) is 7.64. The van der Waals surface area contributed by atoms with Crippen LogP contribution in [0.1, 0.15) is 78.9 Å². The van der Waals surface area contributed by atoms with Gasteiger partial charge in [-0.15, -0.1) is 0 Å². The van der Waals surface area contributed by atoms with E-state index in [9.17, 15) is 5.26 Å². The third-order valence-corrected chi connectivity index (χ3v) is 9.81. The second-order valence-corrected chi connectivity index (χ2v) is 12.3. The van der Waals surface area contributed by atoms with Gasteiger partial charge in [0.05, 0.1) is 11.6 Å². The molecule has 1 N–H and O–H groups in total. The average molecular weight is 571 g/mol. The number of fused-ring (bicyclic) bond motifs is 5. The van der Waals surface area contributed by atoms with E-state index in [1.54, 1.807) is 0 Å². The van der Waals surface area contributed by atoms with Gasteiger partial charge in [0, 0.05) is 22.1 Å². The SMILES string of the molecule is N#Cc1cccc2c1-c1ccc(-c3ccc(C4=NC(c5ccccc5)NC(C5=CCCC=C5)=N4)cc3)cc1C21CCCCC1. The Kier molecular flexibility index (Phi) is 6.60. The first-order valence-corrected chi connectivity index (χ1v) is 15.9. The number of hydrogen-bond acceptors (Lipinski definition) is 4. The highest BCUT2D eigenvalue weighted by Crippen LogP contribution is 2.57. The van der Waals surface area contributed by atoms with Gasteiger partial charge < -0.3 is 5.32 Å². The summed E-state index contributed by atoms with van der Waals surface area (Å²) in [4.78, 5) is 10.1. The Morgan fingerprint density at radius 1 is 0.773 bits per heavy atom. The third-order valence-electron chi connectivity index (χ3n) is 9.81. The van der Waals surface area contributed by atoms with Gasteiger partial charge in [-0.25, -0.2) is 9.98 Å². The molecule has 1 fully saturated rings. The van der Waals surface area contributed by atoms with Crippen LogP contribution in [0.4, 0.5) is 0 Å². The van der Waals surface area contributed by atoms with Crippen molar-refractivity contribution in [3.8, 4) is 28.3 Å². The van der Waals surface area contributed by atoms with Crippen molar-refractivity contribution in [3.63, 3.8) is 0 Å². The third kappa shape index (κ3) is 4.43. The van der Waals surface area contributed by atoms with E-state index >= 15 is 0 Å². The molecule has 1 spiro atoms. The summed E-state index contributed by atoms with van der Waals surface area (Å²) in [5.41, 5.74) is 11.6. The molecule has 0 amide bonds. The average Bonchev–Trinajstić information content (AvgIpc) is 3.37. The minimum absolute atomic E-state index is 0.00930. The molecule has 8 rings (SSSR count). The van der Waals surface area contributed by atoms with Crippen molar-refractivity contribution in [2.45, 2.75) is 56.5 Å². The van der Waals surface area contributed by atoms with E-state index in [1.165, 1.54) is 47.1 Å². The molecule has 4 aliphatic rings. The molecule has 1 atom stereocenters. The van der Waals surface area contributed by atoms with Crippen molar-refractivity contribution < 1.29 is 0 Å². The number of hydrogen-bond donors (Lipinski definition) is 1. The molecular weight excluding hydrogens is 536 g/mol. The van der Waals surface area contributed by atoms with E-state index in [0.717, 1.165) is 65.2 Å². The van der Waals surface area contributed by atoms with Gasteiger partial charge in [-0.1, -0.05) is 116 Å². The number of benzene rings is 4. The number of nitrogens with one attached hydrogen (secondary N) is 1. The molecule has 0 radical (unpaired) electrons. The van der Waals surface area contributed by atoms with Crippen molar-refractivity contribution in [3.05, 3.63) is 143 Å². The number of rotatable bonds is 4. The lowest BCUT2D eigenvalue weighted by Crippen LogP contribution is -2.34. The van der Waals surface area contributed by atoms with Crippen LogP contribution in [-0.4, -0.2) is 11.7 Å². The Morgan fingerprint density at radius 3 is 2.34 bits per heavy atom. The number of amidine groups is 2. The minimum Gasteiger partial charge on any atom is -0.344 e. The molecule has 4 aromatic rings. The highest BCUT2D eigenvalue weighted by molar-refractivity contribution is 6.14. The second kappa shape index (κ2) is 10.9. The molecule has 1 unspecified atom stereocenters. The predicted molar refractivity (Wildman–Crippen MR) is 179 cm³/mol. The van der Waals surface area contributed by atoms with Gasteiger partial charge in [0.2, 0.25) is 0 Å². The molecule has 44 heavy (non-hydrogen) atoms. The van der Waals surface area contributed by atoms with Crippen molar-refractivity contribution in [1.29, 1.82) is 5.26 Å². The maximum atomic E-state index is 9.97. The first-order chi connectivity index (χ1) is 21.7. The zero-order valence-electron chi connectivity index (χ0n) is 24.8. The van der Waals surface area contributed by atoms with Crippen LogP contribution in [0, 0.1) is 11.3 Å². The molecular formula is C40H34N4. The fourth-order valence-electron chi connectivity index (χ4n) is 7.64. The van der Waals surface area contributed by atoms with Crippen LogP contribution in [0.5, 0.6) is 0 Å². The molecule has 0 bridgehead atoms. The Labute approximate surface area is 259 Å². The lowest BCUT2D eigenvalue weighted by Gasteiger charge is -2.36. The molecule has 1 heterocycles. The maximum Gasteiger partial charge on any atom is 0.159 e. The van der Waals surface area contributed by atoms with Crippen LogP contribution in [0.2, 0.25) is 0 Å². The summed E-state index contributed by atoms with van der Waals surface area (Å²) in [6.45, 7) is 0.